The van der Waals surface area contributed by atoms with Gasteiger partial charge in [0.25, 0.3) is 0 Å². The second kappa shape index (κ2) is 4.19. The molecule has 1 aliphatic carbocycles. The van der Waals surface area contributed by atoms with E-state index in [0.29, 0.717) is 12.6 Å². The molecule has 0 spiro atoms. The maximum Gasteiger partial charge on any atom is 0.114 e. The highest BCUT2D eigenvalue weighted by Crippen LogP contribution is 2.20. The lowest BCUT2D eigenvalue weighted by Gasteiger charge is -2.11. The molecule has 1 atom stereocenters. The van der Waals surface area contributed by atoms with Gasteiger partial charge in [0.15, 0.2) is 0 Å². The van der Waals surface area contributed by atoms with E-state index >= 15 is 0 Å². The molecule has 1 fully saturated rings. The number of fused-ring (bicyclic) bond motifs is 1. The maximum atomic E-state index is 9.13. The van der Waals surface area contributed by atoms with Crippen LogP contribution in [0.25, 0.3) is 11.0 Å². The van der Waals surface area contributed by atoms with Gasteiger partial charge < -0.3 is 4.57 Å². The number of imidazole rings is 1. The van der Waals surface area contributed by atoms with Crippen molar-refractivity contribution in [3.8, 4) is 6.07 Å². The van der Waals surface area contributed by atoms with E-state index in [1.807, 2.05) is 35.2 Å². The minimum atomic E-state index is -0.125. The zero-order valence-electron chi connectivity index (χ0n) is 9.50. The van der Waals surface area contributed by atoms with Crippen LogP contribution in [0.5, 0.6) is 0 Å². The summed E-state index contributed by atoms with van der Waals surface area (Å²) in [6.07, 6.45) is 4.20. The minimum absolute atomic E-state index is 0.125. The first-order chi connectivity index (χ1) is 8.36. The van der Waals surface area contributed by atoms with Crippen molar-refractivity contribution in [3.05, 3.63) is 30.6 Å². The van der Waals surface area contributed by atoms with E-state index in [0.717, 1.165) is 11.0 Å². The van der Waals surface area contributed by atoms with Crippen LogP contribution < -0.4 is 5.32 Å². The van der Waals surface area contributed by atoms with Crippen molar-refractivity contribution in [1.29, 1.82) is 5.26 Å². The third-order valence-electron chi connectivity index (χ3n) is 3.08. The normalized spacial score (nSPS) is 16.9. The van der Waals surface area contributed by atoms with E-state index < -0.39 is 0 Å². The van der Waals surface area contributed by atoms with Crippen LogP contribution >= 0.6 is 0 Å². The molecule has 1 N–H and O–H groups in total. The summed E-state index contributed by atoms with van der Waals surface area (Å²) < 4.78 is 2.04. The largest absolute Gasteiger partial charge is 0.328 e. The van der Waals surface area contributed by atoms with Gasteiger partial charge in [0.1, 0.15) is 6.04 Å². The van der Waals surface area contributed by atoms with Gasteiger partial charge in [-0.15, -0.1) is 0 Å². The first-order valence-corrected chi connectivity index (χ1v) is 5.92. The zero-order chi connectivity index (χ0) is 11.7. The highest BCUT2D eigenvalue weighted by molar-refractivity contribution is 5.74. The van der Waals surface area contributed by atoms with Gasteiger partial charge in [-0.1, -0.05) is 12.1 Å². The Kier molecular flexibility index (Phi) is 2.54. The lowest BCUT2D eigenvalue weighted by Crippen LogP contribution is -2.33. The Balaban J connectivity index is 1.81. The number of aromatic nitrogens is 2. The van der Waals surface area contributed by atoms with E-state index in [4.69, 9.17) is 5.26 Å². The first-order valence-electron chi connectivity index (χ1n) is 5.92. The molecule has 0 bridgehead atoms. The van der Waals surface area contributed by atoms with Gasteiger partial charge in [0.2, 0.25) is 0 Å². The highest BCUT2D eigenvalue weighted by atomic mass is 15.1. The average Bonchev–Trinajstić information content (AvgIpc) is 3.09. The molecule has 0 radical (unpaired) electrons. The standard InChI is InChI=1S/C13H14N4/c14-7-11(16-10-5-6-10)8-17-9-15-12-3-1-2-4-13(12)17/h1-4,9-11,16H,5-6,8H2. The topological polar surface area (TPSA) is 53.6 Å². The van der Waals surface area contributed by atoms with Crippen molar-refractivity contribution in [2.75, 3.05) is 0 Å². The van der Waals surface area contributed by atoms with Crippen LogP contribution in [0.3, 0.4) is 0 Å². The van der Waals surface area contributed by atoms with Crippen LogP contribution in [-0.2, 0) is 6.54 Å². The lowest BCUT2D eigenvalue weighted by molar-refractivity contribution is 0.526. The Morgan fingerprint density at radius 2 is 2.29 bits per heavy atom. The number of nitriles is 1. The number of nitrogens with one attached hydrogen (secondary N) is 1. The fraction of sp³-hybridized carbons (Fsp3) is 0.385. The molecule has 4 heteroatoms. The molecule has 1 aromatic carbocycles. The highest BCUT2D eigenvalue weighted by Gasteiger charge is 2.24. The summed E-state index contributed by atoms with van der Waals surface area (Å²) in [4.78, 5) is 4.33. The summed E-state index contributed by atoms with van der Waals surface area (Å²) in [5.41, 5.74) is 2.07. The fourth-order valence-corrected chi connectivity index (χ4v) is 2.02. The second-order valence-corrected chi connectivity index (χ2v) is 4.51. The second-order valence-electron chi connectivity index (χ2n) is 4.51. The molecular weight excluding hydrogens is 212 g/mol. The zero-order valence-corrected chi connectivity index (χ0v) is 9.50. The monoisotopic (exact) mass is 226 g/mol. The molecule has 4 nitrogen and oxygen atoms in total. The number of nitrogens with zero attached hydrogens (tertiary/aromatic N) is 3. The van der Waals surface area contributed by atoms with Crippen LogP contribution in [0.1, 0.15) is 12.8 Å². The number of hydrogen-bond donors (Lipinski definition) is 1. The van der Waals surface area contributed by atoms with Crippen molar-refractivity contribution in [2.45, 2.75) is 31.5 Å². The molecule has 0 amide bonds. The molecule has 1 saturated carbocycles. The summed E-state index contributed by atoms with van der Waals surface area (Å²) in [7, 11) is 0. The van der Waals surface area contributed by atoms with Crippen LogP contribution in [-0.4, -0.2) is 21.6 Å². The minimum Gasteiger partial charge on any atom is -0.328 e. The van der Waals surface area contributed by atoms with Crippen molar-refractivity contribution in [3.63, 3.8) is 0 Å². The van der Waals surface area contributed by atoms with Gasteiger partial charge in [0.05, 0.1) is 30.0 Å². The molecule has 0 aliphatic heterocycles. The number of benzene rings is 1. The van der Waals surface area contributed by atoms with Crippen molar-refractivity contribution >= 4 is 11.0 Å². The Morgan fingerprint density at radius 3 is 3.06 bits per heavy atom. The summed E-state index contributed by atoms with van der Waals surface area (Å²) in [5, 5.41) is 12.5. The van der Waals surface area contributed by atoms with Gasteiger partial charge in [-0.3, -0.25) is 5.32 Å². The van der Waals surface area contributed by atoms with Gasteiger partial charge >= 0.3 is 0 Å². The smallest absolute Gasteiger partial charge is 0.114 e. The molecule has 1 aromatic heterocycles. The van der Waals surface area contributed by atoms with Gasteiger partial charge in [-0.25, -0.2) is 4.98 Å². The van der Waals surface area contributed by atoms with E-state index in [2.05, 4.69) is 16.4 Å². The predicted octanol–water partition coefficient (Wildman–Crippen LogP) is 1.68. The van der Waals surface area contributed by atoms with Crippen LogP contribution in [0.15, 0.2) is 30.6 Å². The van der Waals surface area contributed by atoms with Crippen LogP contribution in [0.4, 0.5) is 0 Å². The molecule has 17 heavy (non-hydrogen) atoms. The SMILES string of the molecule is N#CC(Cn1cnc2ccccc21)NC1CC1. The Labute approximate surface area is 99.9 Å². The molecule has 0 saturated heterocycles. The Hall–Kier alpha value is -1.86. The fourth-order valence-electron chi connectivity index (χ4n) is 2.02. The van der Waals surface area contributed by atoms with Gasteiger partial charge in [-0.2, -0.15) is 5.26 Å². The van der Waals surface area contributed by atoms with Gasteiger partial charge in [-0.05, 0) is 25.0 Å². The molecule has 2 aromatic rings. The van der Waals surface area contributed by atoms with E-state index in [9.17, 15) is 0 Å². The number of hydrogen-bond acceptors (Lipinski definition) is 3. The molecular formula is C13H14N4. The molecule has 1 heterocycles. The number of para-hydroxylation sites is 2. The van der Waals surface area contributed by atoms with Crippen LogP contribution in [0, 0.1) is 11.3 Å². The number of rotatable bonds is 4. The third-order valence-corrected chi connectivity index (χ3v) is 3.08. The predicted molar refractivity (Wildman–Crippen MR) is 65.3 cm³/mol. The summed E-state index contributed by atoms with van der Waals surface area (Å²) in [5.74, 6) is 0. The van der Waals surface area contributed by atoms with Crippen molar-refractivity contribution in [1.82, 2.24) is 14.9 Å². The van der Waals surface area contributed by atoms with Crippen molar-refractivity contribution in [2.24, 2.45) is 0 Å². The molecule has 1 unspecified atom stereocenters. The lowest BCUT2D eigenvalue weighted by atomic mass is 10.3. The molecule has 3 rings (SSSR count). The maximum absolute atomic E-state index is 9.13. The van der Waals surface area contributed by atoms with E-state index in [-0.39, 0.29) is 6.04 Å². The van der Waals surface area contributed by atoms with E-state index in [1.54, 1.807) is 0 Å². The Bertz CT molecular complexity index is 562. The quantitative estimate of drug-likeness (QED) is 0.863. The summed E-state index contributed by atoms with van der Waals surface area (Å²) >= 11 is 0. The Morgan fingerprint density at radius 1 is 1.47 bits per heavy atom. The first kappa shape index (κ1) is 10.3. The molecule has 86 valence electrons. The average molecular weight is 226 g/mol. The molecule has 1 aliphatic rings. The van der Waals surface area contributed by atoms with Gasteiger partial charge in [0, 0.05) is 6.04 Å². The van der Waals surface area contributed by atoms with Crippen molar-refractivity contribution < 1.29 is 0 Å². The van der Waals surface area contributed by atoms with E-state index in [1.165, 1.54) is 12.8 Å². The summed E-state index contributed by atoms with van der Waals surface area (Å²) in [6, 6.07) is 10.7. The third kappa shape index (κ3) is 2.15. The summed E-state index contributed by atoms with van der Waals surface area (Å²) in [6.45, 7) is 0.660. The van der Waals surface area contributed by atoms with Crippen LogP contribution in [0.2, 0.25) is 0 Å².